The van der Waals surface area contributed by atoms with Crippen LogP contribution >= 0.6 is 11.6 Å². The third-order valence-electron chi connectivity index (χ3n) is 1.96. The van der Waals surface area contributed by atoms with Crippen LogP contribution in [0.25, 0.3) is 10.9 Å². The molecule has 2 nitrogen and oxygen atoms in total. The first-order valence-electron chi connectivity index (χ1n) is 4.10. The van der Waals surface area contributed by atoms with Crippen molar-refractivity contribution >= 4 is 35.8 Å². The van der Waals surface area contributed by atoms with E-state index >= 15 is 0 Å². The molecule has 0 saturated heterocycles. The molecule has 0 bridgehead atoms. The minimum absolute atomic E-state index is 0.444. The Labute approximate surface area is 88.3 Å². The van der Waals surface area contributed by atoms with Crippen LogP contribution in [-0.4, -0.2) is 19.9 Å². The molecule has 0 saturated carbocycles. The monoisotopic (exact) mass is 203 g/mol. The molecule has 0 fully saturated rings. The van der Waals surface area contributed by atoms with Gasteiger partial charge in [-0.05, 0) is 23.7 Å². The van der Waals surface area contributed by atoms with Crippen molar-refractivity contribution in [3.8, 4) is 5.88 Å². The molecule has 0 unspecified atom stereocenters. The lowest BCUT2D eigenvalue weighted by Gasteiger charge is -2.05. The summed E-state index contributed by atoms with van der Waals surface area (Å²) in [7, 11) is 7.26. The highest BCUT2D eigenvalue weighted by Gasteiger charge is 2.02. The van der Waals surface area contributed by atoms with E-state index in [1.807, 2.05) is 12.1 Å². The van der Waals surface area contributed by atoms with E-state index in [4.69, 9.17) is 24.2 Å². The molecular formula is C10H7BClNO. The van der Waals surface area contributed by atoms with Gasteiger partial charge in [0, 0.05) is 10.4 Å². The molecule has 1 aromatic heterocycles. The second-order valence-corrected chi connectivity index (χ2v) is 3.36. The summed E-state index contributed by atoms with van der Waals surface area (Å²) in [6.45, 7) is 0. The Balaban J connectivity index is 2.73. The van der Waals surface area contributed by atoms with Crippen molar-refractivity contribution in [3.63, 3.8) is 0 Å². The van der Waals surface area contributed by atoms with E-state index in [2.05, 4.69) is 4.98 Å². The Morgan fingerprint density at radius 1 is 1.36 bits per heavy atom. The zero-order valence-electron chi connectivity index (χ0n) is 7.62. The first-order valence-corrected chi connectivity index (χ1v) is 4.48. The molecule has 0 aliphatic heterocycles. The number of rotatable bonds is 1. The Hall–Kier alpha value is -1.22. The molecule has 0 amide bonds. The maximum atomic E-state index is 5.84. The van der Waals surface area contributed by atoms with Crippen LogP contribution in [0.4, 0.5) is 0 Å². The van der Waals surface area contributed by atoms with Gasteiger partial charge in [-0.2, -0.15) is 0 Å². The molecule has 0 aliphatic rings. The first-order chi connectivity index (χ1) is 6.70. The van der Waals surface area contributed by atoms with Crippen LogP contribution in [0.5, 0.6) is 5.88 Å². The summed E-state index contributed by atoms with van der Waals surface area (Å²) in [5.74, 6) is 0.444. The largest absolute Gasteiger partial charge is 0.481 e. The van der Waals surface area contributed by atoms with E-state index < -0.39 is 0 Å². The number of benzene rings is 1. The number of hydrogen-bond acceptors (Lipinski definition) is 2. The molecule has 2 aromatic rings. The maximum absolute atomic E-state index is 5.84. The third kappa shape index (κ3) is 1.55. The number of fused-ring (bicyclic) bond motifs is 1. The highest BCUT2D eigenvalue weighted by Crippen LogP contribution is 2.18. The van der Waals surface area contributed by atoms with Crippen LogP contribution in [0, 0.1) is 0 Å². The lowest BCUT2D eigenvalue weighted by Crippen LogP contribution is -2.09. The number of pyridine rings is 1. The summed E-state index contributed by atoms with van der Waals surface area (Å²) in [4.78, 5) is 4.23. The van der Waals surface area contributed by atoms with Crippen molar-refractivity contribution in [2.45, 2.75) is 0 Å². The second kappa shape index (κ2) is 3.50. The highest BCUT2D eigenvalue weighted by molar-refractivity contribution is 6.35. The quantitative estimate of drug-likeness (QED) is 0.658. The summed E-state index contributed by atoms with van der Waals surface area (Å²) < 4.78 is 5.01. The Morgan fingerprint density at radius 3 is 2.86 bits per heavy atom. The normalized spacial score (nSPS) is 10.4. The van der Waals surface area contributed by atoms with Crippen molar-refractivity contribution in [2.24, 2.45) is 0 Å². The van der Waals surface area contributed by atoms with Gasteiger partial charge in [0.15, 0.2) is 0 Å². The van der Waals surface area contributed by atoms with E-state index in [0.29, 0.717) is 16.4 Å². The van der Waals surface area contributed by atoms with Crippen molar-refractivity contribution < 1.29 is 4.74 Å². The van der Waals surface area contributed by atoms with Gasteiger partial charge in [-0.25, -0.2) is 4.98 Å². The van der Waals surface area contributed by atoms with Gasteiger partial charge in [-0.1, -0.05) is 17.7 Å². The number of aromatic nitrogens is 1. The minimum Gasteiger partial charge on any atom is -0.481 e. The highest BCUT2D eigenvalue weighted by atomic mass is 35.5. The van der Waals surface area contributed by atoms with Crippen LogP contribution < -0.4 is 10.2 Å². The number of methoxy groups -OCH3 is 1. The van der Waals surface area contributed by atoms with Crippen LogP contribution in [0.1, 0.15) is 0 Å². The zero-order chi connectivity index (χ0) is 10.1. The maximum Gasteiger partial charge on any atom is 0.206 e. The van der Waals surface area contributed by atoms with Crippen LogP contribution in [0.3, 0.4) is 0 Å². The molecular weight excluding hydrogens is 196 g/mol. The Kier molecular flexibility index (Phi) is 2.34. The van der Waals surface area contributed by atoms with Crippen LogP contribution in [-0.2, 0) is 0 Å². The summed E-state index contributed by atoms with van der Waals surface area (Å²) in [5.41, 5.74) is 1.34. The van der Waals surface area contributed by atoms with Crippen LogP contribution in [0.15, 0.2) is 24.3 Å². The molecule has 2 radical (unpaired) electrons. The van der Waals surface area contributed by atoms with E-state index in [9.17, 15) is 0 Å². The summed E-state index contributed by atoms with van der Waals surface area (Å²) in [6, 6.07) is 7.24. The zero-order valence-corrected chi connectivity index (χ0v) is 8.38. The molecule has 0 N–H and O–H groups in total. The van der Waals surface area contributed by atoms with E-state index in [1.54, 1.807) is 19.2 Å². The topological polar surface area (TPSA) is 22.1 Å². The molecule has 68 valence electrons. The SMILES string of the molecule is [B]c1cc2cc(Cl)ccc2nc1OC. The van der Waals surface area contributed by atoms with Crippen molar-refractivity contribution in [3.05, 3.63) is 29.3 Å². The minimum atomic E-state index is 0.444. The van der Waals surface area contributed by atoms with Crippen molar-refractivity contribution in [1.82, 2.24) is 4.98 Å². The average molecular weight is 203 g/mol. The van der Waals surface area contributed by atoms with Gasteiger partial charge in [-0.3, -0.25) is 0 Å². The predicted octanol–water partition coefficient (Wildman–Crippen LogP) is 1.69. The number of nitrogens with zero attached hydrogens (tertiary/aromatic N) is 1. The first kappa shape index (κ1) is 9.34. The summed E-state index contributed by atoms with van der Waals surface area (Å²) in [5, 5.41) is 1.58. The van der Waals surface area contributed by atoms with Crippen molar-refractivity contribution in [2.75, 3.05) is 7.11 Å². The molecule has 4 heteroatoms. The summed E-state index contributed by atoms with van der Waals surface area (Å²) >= 11 is 5.84. The Morgan fingerprint density at radius 2 is 2.14 bits per heavy atom. The van der Waals surface area contributed by atoms with E-state index in [0.717, 1.165) is 10.9 Å². The van der Waals surface area contributed by atoms with Gasteiger partial charge in [-0.15, -0.1) is 0 Å². The molecule has 14 heavy (non-hydrogen) atoms. The van der Waals surface area contributed by atoms with Crippen molar-refractivity contribution in [1.29, 1.82) is 0 Å². The lowest BCUT2D eigenvalue weighted by molar-refractivity contribution is 0.403. The van der Waals surface area contributed by atoms with Crippen LogP contribution in [0.2, 0.25) is 5.02 Å². The molecule has 2 rings (SSSR count). The third-order valence-corrected chi connectivity index (χ3v) is 2.20. The van der Waals surface area contributed by atoms with Gasteiger partial charge < -0.3 is 4.74 Å². The van der Waals surface area contributed by atoms with Gasteiger partial charge in [0.2, 0.25) is 5.88 Å². The number of halogens is 1. The average Bonchev–Trinajstić information content (AvgIpc) is 2.16. The standard InChI is InChI=1S/C10H7BClNO/c1-14-10-8(11)5-6-4-7(12)2-3-9(6)13-10/h2-5H,1H3. The van der Waals surface area contributed by atoms with Gasteiger partial charge in [0.1, 0.15) is 7.85 Å². The molecule has 0 aliphatic carbocycles. The fraction of sp³-hybridized carbons (Fsp3) is 0.100. The fourth-order valence-electron chi connectivity index (χ4n) is 1.31. The lowest BCUT2D eigenvalue weighted by atomic mass is 9.96. The Bertz CT molecular complexity index is 487. The van der Waals surface area contributed by atoms with Gasteiger partial charge >= 0.3 is 0 Å². The molecule has 1 heterocycles. The van der Waals surface area contributed by atoms with E-state index in [1.165, 1.54) is 0 Å². The van der Waals surface area contributed by atoms with Gasteiger partial charge in [0.05, 0.1) is 12.6 Å². The summed E-state index contributed by atoms with van der Waals surface area (Å²) in [6.07, 6.45) is 0. The molecule has 0 atom stereocenters. The fourth-order valence-corrected chi connectivity index (χ4v) is 1.49. The van der Waals surface area contributed by atoms with Gasteiger partial charge in [0.25, 0.3) is 0 Å². The van der Waals surface area contributed by atoms with E-state index in [-0.39, 0.29) is 0 Å². The second-order valence-electron chi connectivity index (χ2n) is 2.92. The predicted molar refractivity (Wildman–Crippen MR) is 58.7 cm³/mol. The molecule has 0 spiro atoms. The smallest absolute Gasteiger partial charge is 0.206 e. The number of hydrogen-bond donors (Lipinski definition) is 0. The number of ether oxygens (including phenoxy) is 1. The molecule has 1 aromatic carbocycles.